The van der Waals surface area contributed by atoms with E-state index in [2.05, 4.69) is 35.5 Å². The van der Waals surface area contributed by atoms with Crippen molar-refractivity contribution in [2.45, 2.75) is 64.0 Å². The molecule has 1 aliphatic carbocycles. The highest BCUT2D eigenvalue weighted by Crippen LogP contribution is 2.32. The summed E-state index contributed by atoms with van der Waals surface area (Å²) >= 11 is 0. The Morgan fingerprint density at radius 1 is 1.30 bits per heavy atom. The van der Waals surface area contributed by atoms with Crippen LogP contribution in [0.15, 0.2) is 12.4 Å². The monoisotopic (exact) mass is 277 g/mol. The Morgan fingerprint density at radius 2 is 1.95 bits per heavy atom. The maximum Gasteiger partial charge on any atom is 0.160 e. The number of hydrogen-bond acceptors (Lipinski definition) is 3. The number of aryl methyl sites for hydroxylation is 1. The first-order valence-electron chi connectivity index (χ1n) is 7.81. The second kappa shape index (κ2) is 6.53. The number of carbonyl (C=O) groups is 1. The summed E-state index contributed by atoms with van der Waals surface area (Å²) in [6.45, 7) is 2.96. The Labute approximate surface area is 122 Å². The van der Waals surface area contributed by atoms with Crippen LogP contribution in [0.25, 0.3) is 0 Å². The molecule has 2 rings (SSSR count). The van der Waals surface area contributed by atoms with E-state index in [0.29, 0.717) is 12.2 Å². The summed E-state index contributed by atoms with van der Waals surface area (Å²) in [6.07, 6.45) is 11.0. The molecule has 1 heterocycles. The van der Waals surface area contributed by atoms with E-state index in [1.807, 2.05) is 6.20 Å². The number of Topliss-reactive ketones (excluding diaryl/α,β-unsaturated/α-hetero) is 1. The van der Waals surface area contributed by atoms with Crippen LogP contribution >= 0.6 is 0 Å². The van der Waals surface area contributed by atoms with Crippen molar-refractivity contribution in [3.8, 4) is 0 Å². The van der Waals surface area contributed by atoms with E-state index < -0.39 is 0 Å². The van der Waals surface area contributed by atoms with Crippen molar-refractivity contribution in [2.75, 3.05) is 14.1 Å². The number of rotatable bonds is 5. The molecule has 1 aromatic heterocycles. The van der Waals surface area contributed by atoms with Gasteiger partial charge < -0.3 is 4.57 Å². The minimum Gasteiger partial charge on any atom is -0.335 e. The molecule has 0 spiro atoms. The van der Waals surface area contributed by atoms with Gasteiger partial charge in [-0.3, -0.25) is 9.69 Å². The molecule has 0 saturated heterocycles. The lowest BCUT2D eigenvalue weighted by molar-refractivity contribution is -0.130. The predicted octanol–water partition coefficient (Wildman–Crippen LogP) is 2.67. The number of aromatic nitrogens is 2. The van der Waals surface area contributed by atoms with Gasteiger partial charge in [0.15, 0.2) is 5.78 Å². The number of hydrogen-bond donors (Lipinski definition) is 0. The third-order valence-electron chi connectivity index (χ3n) is 4.77. The summed E-state index contributed by atoms with van der Waals surface area (Å²) in [5, 5.41) is 0. The van der Waals surface area contributed by atoms with Gasteiger partial charge in [0.05, 0.1) is 12.0 Å². The second-order valence-electron chi connectivity index (χ2n) is 6.07. The third kappa shape index (κ3) is 2.95. The normalized spacial score (nSPS) is 19.0. The van der Waals surface area contributed by atoms with Gasteiger partial charge in [-0.05, 0) is 33.9 Å². The van der Waals surface area contributed by atoms with Gasteiger partial charge in [-0.15, -0.1) is 0 Å². The Balaban J connectivity index is 2.18. The van der Waals surface area contributed by atoms with Crippen molar-refractivity contribution >= 4 is 5.78 Å². The van der Waals surface area contributed by atoms with Gasteiger partial charge in [0.1, 0.15) is 5.82 Å². The van der Waals surface area contributed by atoms with E-state index in [1.165, 1.54) is 12.8 Å². The quantitative estimate of drug-likeness (QED) is 0.777. The van der Waals surface area contributed by atoms with Crippen molar-refractivity contribution in [1.82, 2.24) is 14.5 Å². The number of imidazole rings is 1. The average Bonchev–Trinajstić information content (AvgIpc) is 2.72. The van der Waals surface area contributed by atoms with Crippen molar-refractivity contribution < 1.29 is 4.79 Å². The van der Waals surface area contributed by atoms with Gasteiger partial charge in [-0.25, -0.2) is 4.98 Å². The lowest BCUT2D eigenvalue weighted by atomic mass is 9.83. The average molecular weight is 277 g/mol. The minimum atomic E-state index is -0.277. The molecule has 1 aromatic rings. The summed E-state index contributed by atoms with van der Waals surface area (Å²) in [7, 11) is 4.10. The molecular formula is C16H27N3O. The molecule has 1 saturated carbocycles. The maximum atomic E-state index is 13.0. The molecule has 4 heteroatoms. The van der Waals surface area contributed by atoms with E-state index in [0.717, 1.165) is 38.1 Å². The Kier molecular flexibility index (Phi) is 4.97. The van der Waals surface area contributed by atoms with Gasteiger partial charge in [-0.2, -0.15) is 0 Å². The minimum absolute atomic E-state index is 0.277. The summed E-state index contributed by atoms with van der Waals surface area (Å²) in [4.78, 5) is 19.5. The van der Waals surface area contributed by atoms with Crippen LogP contribution < -0.4 is 0 Å². The van der Waals surface area contributed by atoms with Crippen LogP contribution in [0.1, 0.15) is 51.3 Å². The molecule has 0 atom stereocenters. The first-order valence-corrected chi connectivity index (χ1v) is 7.81. The molecule has 0 unspecified atom stereocenters. The van der Waals surface area contributed by atoms with Crippen LogP contribution in [0.5, 0.6) is 0 Å². The molecule has 0 aromatic carbocycles. The SMILES string of the molecule is CCn1ccnc1CC(=O)C1(N(C)C)CCCCCC1. The molecule has 0 aliphatic heterocycles. The Bertz CT molecular complexity index is 442. The third-order valence-corrected chi connectivity index (χ3v) is 4.77. The fraction of sp³-hybridized carbons (Fsp3) is 0.750. The van der Waals surface area contributed by atoms with E-state index in [1.54, 1.807) is 6.20 Å². The van der Waals surface area contributed by atoms with Gasteiger partial charge >= 0.3 is 0 Å². The number of carbonyl (C=O) groups excluding carboxylic acids is 1. The van der Waals surface area contributed by atoms with Crippen molar-refractivity contribution in [3.05, 3.63) is 18.2 Å². The topological polar surface area (TPSA) is 38.1 Å². The maximum absolute atomic E-state index is 13.0. The Morgan fingerprint density at radius 3 is 2.50 bits per heavy atom. The molecule has 112 valence electrons. The van der Waals surface area contributed by atoms with Gasteiger partial charge in [-0.1, -0.05) is 25.7 Å². The highest BCUT2D eigenvalue weighted by Gasteiger charge is 2.40. The van der Waals surface area contributed by atoms with Crippen LogP contribution in [0.2, 0.25) is 0 Å². The summed E-state index contributed by atoms with van der Waals surface area (Å²) in [6, 6.07) is 0. The predicted molar refractivity (Wildman–Crippen MR) is 80.7 cm³/mol. The summed E-state index contributed by atoms with van der Waals surface area (Å²) < 4.78 is 2.07. The summed E-state index contributed by atoms with van der Waals surface area (Å²) in [5.74, 6) is 1.24. The first kappa shape index (κ1) is 15.2. The molecule has 0 amide bonds. The van der Waals surface area contributed by atoms with Gasteiger partial charge in [0.2, 0.25) is 0 Å². The van der Waals surface area contributed by atoms with Crippen LogP contribution in [0.4, 0.5) is 0 Å². The standard InChI is InChI=1S/C16H27N3O/c1-4-19-12-11-17-15(19)13-14(20)16(18(2)3)9-7-5-6-8-10-16/h11-12H,4-10,13H2,1-3H3. The smallest absolute Gasteiger partial charge is 0.160 e. The molecule has 0 N–H and O–H groups in total. The van der Waals surface area contributed by atoms with E-state index in [4.69, 9.17) is 0 Å². The largest absolute Gasteiger partial charge is 0.335 e. The zero-order valence-corrected chi connectivity index (χ0v) is 13.1. The number of ketones is 1. The fourth-order valence-corrected chi connectivity index (χ4v) is 3.39. The van der Waals surface area contributed by atoms with Crippen LogP contribution in [-0.4, -0.2) is 39.9 Å². The van der Waals surface area contributed by atoms with Crippen LogP contribution in [0.3, 0.4) is 0 Å². The molecule has 0 bridgehead atoms. The second-order valence-corrected chi connectivity index (χ2v) is 6.07. The summed E-state index contributed by atoms with van der Waals surface area (Å²) in [5.41, 5.74) is -0.277. The van der Waals surface area contributed by atoms with Crippen LogP contribution in [-0.2, 0) is 17.8 Å². The fourth-order valence-electron chi connectivity index (χ4n) is 3.39. The number of nitrogens with zero attached hydrogens (tertiary/aromatic N) is 3. The molecule has 0 radical (unpaired) electrons. The highest BCUT2D eigenvalue weighted by molar-refractivity contribution is 5.89. The number of likely N-dealkylation sites (N-methyl/N-ethyl adjacent to an activating group) is 1. The Hall–Kier alpha value is -1.16. The highest BCUT2D eigenvalue weighted by atomic mass is 16.1. The zero-order chi connectivity index (χ0) is 14.6. The first-order chi connectivity index (χ1) is 9.60. The van der Waals surface area contributed by atoms with Crippen LogP contribution in [0, 0.1) is 0 Å². The lowest BCUT2D eigenvalue weighted by Gasteiger charge is -2.38. The van der Waals surface area contributed by atoms with Crippen molar-refractivity contribution in [1.29, 1.82) is 0 Å². The molecular weight excluding hydrogens is 250 g/mol. The molecule has 4 nitrogen and oxygen atoms in total. The molecule has 1 fully saturated rings. The van der Waals surface area contributed by atoms with E-state index >= 15 is 0 Å². The lowest BCUT2D eigenvalue weighted by Crippen LogP contribution is -2.51. The van der Waals surface area contributed by atoms with Gasteiger partial charge in [0.25, 0.3) is 0 Å². The zero-order valence-electron chi connectivity index (χ0n) is 13.1. The molecule has 1 aliphatic rings. The van der Waals surface area contributed by atoms with Gasteiger partial charge in [0, 0.05) is 18.9 Å². The van der Waals surface area contributed by atoms with Crippen molar-refractivity contribution in [2.24, 2.45) is 0 Å². The van der Waals surface area contributed by atoms with E-state index in [-0.39, 0.29) is 5.54 Å². The molecule has 20 heavy (non-hydrogen) atoms. The van der Waals surface area contributed by atoms with Crippen molar-refractivity contribution in [3.63, 3.8) is 0 Å². The van der Waals surface area contributed by atoms with E-state index in [9.17, 15) is 4.79 Å².